The number of phenols is 2. The standard InChI is InChI=1S/C18H14O7/c1-2-23-18(22)25-15-8-10(19)6-7-12(15)16-9-14(21)11-4-3-5-13(20)17(11)24-16/h3-9,19-20H,2H2,1H3. The summed E-state index contributed by atoms with van der Waals surface area (Å²) in [5.74, 6) is -0.313. The number of ether oxygens (including phenoxy) is 2. The third-order valence-corrected chi connectivity index (χ3v) is 3.42. The van der Waals surface area contributed by atoms with Gasteiger partial charge in [-0.05, 0) is 31.2 Å². The smallest absolute Gasteiger partial charge is 0.508 e. The van der Waals surface area contributed by atoms with Gasteiger partial charge in [-0.15, -0.1) is 0 Å². The summed E-state index contributed by atoms with van der Waals surface area (Å²) in [4.78, 5) is 23.9. The summed E-state index contributed by atoms with van der Waals surface area (Å²) in [6, 6.07) is 9.63. The van der Waals surface area contributed by atoms with Gasteiger partial charge in [0, 0.05) is 12.1 Å². The summed E-state index contributed by atoms with van der Waals surface area (Å²) in [7, 11) is 0. The molecule has 0 aliphatic carbocycles. The van der Waals surface area contributed by atoms with Crippen LogP contribution in [0.2, 0.25) is 0 Å². The first kappa shape index (κ1) is 16.4. The van der Waals surface area contributed by atoms with Gasteiger partial charge in [-0.1, -0.05) is 6.07 Å². The molecule has 0 radical (unpaired) electrons. The molecule has 0 spiro atoms. The van der Waals surface area contributed by atoms with Crippen LogP contribution < -0.4 is 10.2 Å². The fourth-order valence-corrected chi connectivity index (χ4v) is 2.33. The van der Waals surface area contributed by atoms with E-state index in [0.29, 0.717) is 0 Å². The van der Waals surface area contributed by atoms with Crippen molar-refractivity contribution in [3.8, 4) is 28.6 Å². The van der Waals surface area contributed by atoms with E-state index in [0.717, 1.165) is 0 Å². The number of benzene rings is 2. The van der Waals surface area contributed by atoms with Gasteiger partial charge in [0.15, 0.2) is 16.8 Å². The summed E-state index contributed by atoms with van der Waals surface area (Å²) in [5.41, 5.74) is -0.115. The SMILES string of the molecule is CCOC(=O)Oc1cc(O)ccc1-c1cc(=O)c2cccc(O)c2o1. The summed E-state index contributed by atoms with van der Waals surface area (Å²) in [5, 5.41) is 19.8. The number of fused-ring (bicyclic) bond motifs is 1. The Morgan fingerprint density at radius 3 is 2.72 bits per heavy atom. The van der Waals surface area contributed by atoms with Crippen LogP contribution >= 0.6 is 0 Å². The van der Waals surface area contributed by atoms with Gasteiger partial charge in [0.05, 0.1) is 17.6 Å². The van der Waals surface area contributed by atoms with E-state index < -0.39 is 6.16 Å². The van der Waals surface area contributed by atoms with Crippen molar-refractivity contribution < 1.29 is 28.9 Å². The van der Waals surface area contributed by atoms with E-state index in [9.17, 15) is 19.8 Å². The number of hydrogen-bond donors (Lipinski definition) is 2. The number of rotatable bonds is 3. The first-order chi connectivity index (χ1) is 12.0. The lowest BCUT2D eigenvalue weighted by molar-refractivity contribution is 0.104. The number of carbonyl (C=O) groups is 1. The van der Waals surface area contributed by atoms with E-state index in [-0.39, 0.29) is 51.6 Å². The minimum atomic E-state index is -0.958. The molecule has 3 rings (SSSR count). The van der Waals surface area contributed by atoms with Crippen LogP contribution in [0, 0.1) is 0 Å². The minimum absolute atomic E-state index is 0.0140. The molecule has 1 aromatic heterocycles. The predicted octanol–water partition coefficient (Wildman–Crippen LogP) is 3.41. The molecule has 0 saturated heterocycles. The highest BCUT2D eigenvalue weighted by atomic mass is 16.7. The van der Waals surface area contributed by atoms with Crippen molar-refractivity contribution >= 4 is 17.1 Å². The molecular weight excluding hydrogens is 328 g/mol. The van der Waals surface area contributed by atoms with E-state index in [1.54, 1.807) is 6.92 Å². The van der Waals surface area contributed by atoms with Gasteiger partial charge in [0.25, 0.3) is 0 Å². The molecule has 0 aliphatic rings. The Balaban J connectivity index is 2.16. The molecule has 2 N–H and O–H groups in total. The maximum Gasteiger partial charge on any atom is 0.513 e. The average molecular weight is 342 g/mol. The van der Waals surface area contributed by atoms with E-state index >= 15 is 0 Å². The molecule has 0 fully saturated rings. The number of hydrogen-bond acceptors (Lipinski definition) is 7. The normalized spacial score (nSPS) is 10.6. The van der Waals surface area contributed by atoms with Crippen LogP contribution in [0.5, 0.6) is 17.2 Å². The van der Waals surface area contributed by atoms with Crippen LogP contribution in [0.25, 0.3) is 22.3 Å². The maximum atomic E-state index is 12.3. The van der Waals surface area contributed by atoms with E-state index in [1.165, 1.54) is 42.5 Å². The van der Waals surface area contributed by atoms with Crippen LogP contribution in [0.15, 0.2) is 51.7 Å². The Morgan fingerprint density at radius 1 is 1.16 bits per heavy atom. The number of para-hydroxylation sites is 1. The Labute approximate surface area is 141 Å². The van der Waals surface area contributed by atoms with E-state index in [2.05, 4.69) is 0 Å². The van der Waals surface area contributed by atoms with Crippen molar-refractivity contribution in [3.05, 3.63) is 52.7 Å². The molecule has 128 valence electrons. The molecule has 25 heavy (non-hydrogen) atoms. The van der Waals surface area contributed by atoms with E-state index in [1.807, 2.05) is 0 Å². The summed E-state index contributed by atoms with van der Waals surface area (Å²) in [6.45, 7) is 1.74. The minimum Gasteiger partial charge on any atom is -0.508 e. The number of aromatic hydroxyl groups is 2. The van der Waals surface area contributed by atoms with Gasteiger partial charge in [-0.25, -0.2) is 4.79 Å². The first-order valence-corrected chi connectivity index (χ1v) is 7.43. The van der Waals surface area contributed by atoms with Gasteiger partial charge >= 0.3 is 6.16 Å². The molecule has 7 heteroatoms. The third-order valence-electron chi connectivity index (χ3n) is 3.42. The third kappa shape index (κ3) is 3.25. The topological polar surface area (TPSA) is 106 Å². The lowest BCUT2D eigenvalue weighted by Crippen LogP contribution is -2.11. The quantitative estimate of drug-likeness (QED) is 0.555. The average Bonchev–Trinajstić information content (AvgIpc) is 2.56. The van der Waals surface area contributed by atoms with Crippen molar-refractivity contribution in [2.45, 2.75) is 6.92 Å². The Bertz CT molecular complexity index is 1000. The van der Waals surface area contributed by atoms with Crippen LogP contribution in [-0.4, -0.2) is 23.0 Å². The predicted molar refractivity (Wildman–Crippen MR) is 88.9 cm³/mol. The Hall–Kier alpha value is -3.48. The van der Waals surface area contributed by atoms with Gasteiger partial charge < -0.3 is 24.1 Å². The molecule has 0 aliphatic heterocycles. The molecule has 3 aromatic rings. The number of carbonyl (C=O) groups excluding carboxylic acids is 1. The second-order valence-corrected chi connectivity index (χ2v) is 5.09. The molecular formula is C18H14O7. The molecule has 0 amide bonds. The Morgan fingerprint density at radius 2 is 1.96 bits per heavy atom. The van der Waals surface area contributed by atoms with Crippen molar-refractivity contribution in [3.63, 3.8) is 0 Å². The van der Waals surface area contributed by atoms with Crippen LogP contribution in [0.3, 0.4) is 0 Å². The molecule has 7 nitrogen and oxygen atoms in total. The second-order valence-electron chi connectivity index (χ2n) is 5.09. The lowest BCUT2D eigenvalue weighted by Gasteiger charge is -2.10. The zero-order chi connectivity index (χ0) is 18.0. The van der Waals surface area contributed by atoms with Gasteiger partial charge in [-0.2, -0.15) is 0 Å². The van der Waals surface area contributed by atoms with Crippen molar-refractivity contribution in [1.82, 2.24) is 0 Å². The van der Waals surface area contributed by atoms with Crippen molar-refractivity contribution in [2.75, 3.05) is 6.61 Å². The largest absolute Gasteiger partial charge is 0.513 e. The van der Waals surface area contributed by atoms with Crippen LogP contribution in [-0.2, 0) is 4.74 Å². The molecule has 2 aromatic carbocycles. The summed E-state index contributed by atoms with van der Waals surface area (Å²) < 4.78 is 15.4. The van der Waals surface area contributed by atoms with Gasteiger partial charge in [0.1, 0.15) is 17.3 Å². The van der Waals surface area contributed by atoms with Crippen LogP contribution in [0.4, 0.5) is 4.79 Å². The fraction of sp³-hybridized carbons (Fsp3) is 0.111. The fourth-order valence-electron chi connectivity index (χ4n) is 2.33. The molecule has 0 atom stereocenters. The zero-order valence-corrected chi connectivity index (χ0v) is 13.2. The lowest BCUT2D eigenvalue weighted by atomic mass is 10.1. The highest BCUT2D eigenvalue weighted by Gasteiger charge is 2.17. The van der Waals surface area contributed by atoms with Crippen molar-refractivity contribution in [1.29, 1.82) is 0 Å². The molecule has 1 heterocycles. The first-order valence-electron chi connectivity index (χ1n) is 7.43. The molecule has 0 bridgehead atoms. The Kier molecular flexibility index (Phi) is 4.30. The second kappa shape index (κ2) is 6.56. The zero-order valence-electron chi connectivity index (χ0n) is 13.2. The number of phenolic OH excluding ortho intramolecular Hbond substituents is 2. The molecule has 0 saturated carbocycles. The van der Waals surface area contributed by atoms with Crippen LogP contribution in [0.1, 0.15) is 6.92 Å². The summed E-state index contributed by atoms with van der Waals surface area (Å²) in [6.07, 6.45) is -0.958. The highest BCUT2D eigenvalue weighted by molar-refractivity contribution is 5.84. The van der Waals surface area contributed by atoms with Gasteiger partial charge in [-0.3, -0.25) is 4.79 Å². The van der Waals surface area contributed by atoms with Gasteiger partial charge in [0.2, 0.25) is 0 Å². The van der Waals surface area contributed by atoms with E-state index in [4.69, 9.17) is 13.9 Å². The summed E-state index contributed by atoms with van der Waals surface area (Å²) >= 11 is 0. The maximum absolute atomic E-state index is 12.3. The molecule has 0 unspecified atom stereocenters. The monoisotopic (exact) mass is 342 g/mol. The highest BCUT2D eigenvalue weighted by Crippen LogP contribution is 2.35. The van der Waals surface area contributed by atoms with Crippen molar-refractivity contribution in [2.24, 2.45) is 0 Å².